The number of ether oxygens (including phenoxy) is 1. The summed E-state index contributed by atoms with van der Waals surface area (Å²) in [7, 11) is 0. The van der Waals surface area contributed by atoms with Crippen LogP contribution in [0.5, 0.6) is 5.75 Å². The van der Waals surface area contributed by atoms with E-state index in [-0.39, 0.29) is 5.92 Å². The third-order valence-corrected chi connectivity index (χ3v) is 13.9. The van der Waals surface area contributed by atoms with E-state index in [2.05, 4.69) is 146 Å². The largest absolute Gasteiger partial charge is 0.461 e. The number of benzene rings is 6. The van der Waals surface area contributed by atoms with Gasteiger partial charge in [0.1, 0.15) is 11.5 Å². The average Bonchev–Trinajstić information content (AvgIpc) is 3.77. The van der Waals surface area contributed by atoms with E-state index in [0.29, 0.717) is 5.92 Å². The second kappa shape index (κ2) is 11.9. The van der Waals surface area contributed by atoms with Crippen LogP contribution in [-0.4, -0.2) is 0 Å². The number of allylic oxidation sites excluding steroid dienone is 14. The van der Waals surface area contributed by atoms with Crippen molar-refractivity contribution in [1.29, 1.82) is 0 Å². The third kappa shape index (κ3) is 4.69. The van der Waals surface area contributed by atoms with Gasteiger partial charge in [0.25, 0.3) is 0 Å². The smallest absolute Gasteiger partial charge is 0.131 e. The van der Waals surface area contributed by atoms with E-state index in [9.17, 15) is 0 Å². The molecule has 0 saturated carbocycles. The molecule has 2 heteroatoms. The van der Waals surface area contributed by atoms with E-state index >= 15 is 0 Å². The van der Waals surface area contributed by atoms with Crippen LogP contribution in [0.25, 0.3) is 63.6 Å². The molecule has 6 aromatic carbocycles. The van der Waals surface area contributed by atoms with Crippen molar-refractivity contribution in [2.45, 2.75) is 44.4 Å². The minimum Gasteiger partial charge on any atom is -0.461 e. The van der Waals surface area contributed by atoms with Gasteiger partial charge in [-0.1, -0.05) is 109 Å². The van der Waals surface area contributed by atoms with Crippen LogP contribution in [-0.2, 0) is 0 Å². The van der Waals surface area contributed by atoms with Gasteiger partial charge in [-0.05, 0) is 152 Å². The second-order valence-corrected chi connectivity index (χ2v) is 16.9. The first-order chi connectivity index (χ1) is 26.7. The summed E-state index contributed by atoms with van der Waals surface area (Å²) in [6.07, 6.45) is 25.6. The molecule has 0 fully saturated rings. The summed E-state index contributed by atoms with van der Waals surface area (Å²) in [6, 6.07) is 36.6. The molecular weight excluding hydrogens is 673 g/mol. The fourth-order valence-electron chi connectivity index (χ4n) is 10.2. The molecule has 1 aliphatic heterocycles. The van der Waals surface area contributed by atoms with E-state index < -0.39 is 0 Å². The predicted molar refractivity (Wildman–Crippen MR) is 230 cm³/mol. The Morgan fingerprint density at radius 1 is 0.556 bits per heavy atom. The number of thiophene rings is 1. The first kappa shape index (κ1) is 30.7. The van der Waals surface area contributed by atoms with Crippen LogP contribution < -0.4 is 4.74 Å². The molecule has 0 radical (unpaired) electrons. The standard InChI is InChI=1S/C52H38OS/c1-2-10-31(11-3-1)32-18-19-34-25-35(21-20-33(34)24-32)51-40-13-4-6-15-42(40)52(43-16-7-5-14-41(43)51)36-22-23-47-44(26-36)45-27-37-28-46-39-12-8-9-17-49(39)54-50(46)30-38(37)29-48(45)53-47/h1-2,4-10,12-17,20-24,27-30,34,44H,3,11,18-19,25-26H2. The molecule has 4 aliphatic carbocycles. The third-order valence-electron chi connectivity index (χ3n) is 12.8. The SMILES string of the molecule is C1=CCCC(C2=CC3=CC=C(c4c5ccccc5c(C5=CC=C6Oc7cc8cc9sc%10ccccc%10c9cc8cc7C6C5)c5ccccc45)CC3CC2)=C1. The van der Waals surface area contributed by atoms with Crippen LogP contribution >= 0.6 is 11.3 Å². The molecule has 7 aromatic rings. The van der Waals surface area contributed by atoms with Crippen molar-refractivity contribution < 1.29 is 4.74 Å². The van der Waals surface area contributed by atoms with E-state index in [0.717, 1.165) is 30.8 Å². The van der Waals surface area contributed by atoms with Crippen LogP contribution in [0.2, 0.25) is 0 Å². The van der Waals surface area contributed by atoms with Gasteiger partial charge in [0.05, 0.1) is 0 Å². The predicted octanol–water partition coefficient (Wildman–Crippen LogP) is 14.7. The maximum atomic E-state index is 6.63. The highest BCUT2D eigenvalue weighted by Gasteiger charge is 2.34. The summed E-state index contributed by atoms with van der Waals surface area (Å²) < 4.78 is 9.31. The molecule has 1 aromatic heterocycles. The molecular formula is C52H38OS. The van der Waals surface area contributed by atoms with Crippen molar-refractivity contribution in [2.75, 3.05) is 0 Å². The Hall–Kier alpha value is -5.70. The molecule has 2 unspecified atom stereocenters. The summed E-state index contributed by atoms with van der Waals surface area (Å²) in [4.78, 5) is 0. The highest BCUT2D eigenvalue weighted by molar-refractivity contribution is 7.25. The molecule has 0 spiro atoms. The first-order valence-corrected chi connectivity index (χ1v) is 20.4. The molecule has 0 amide bonds. The summed E-state index contributed by atoms with van der Waals surface area (Å²) in [6.45, 7) is 0. The molecule has 54 heavy (non-hydrogen) atoms. The van der Waals surface area contributed by atoms with Crippen LogP contribution in [0.4, 0.5) is 0 Å². The van der Waals surface area contributed by atoms with Gasteiger partial charge in [0.2, 0.25) is 0 Å². The lowest BCUT2D eigenvalue weighted by Gasteiger charge is -2.31. The van der Waals surface area contributed by atoms with E-state index in [1.807, 2.05) is 11.3 Å². The molecule has 0 saturated heterocycles. The lowest BCUT2D eigenvalue weighted by Crippen LogP contribution is -2.14. The van der Waals surface area contributed by atoms with Gasteiger partial charge in [-0.15, -0.1) is 11.3 Å². The molecule has 2 atom stereocenters. The molecule has 5 aliphatic rings. The number of hydrogen-bond acceptors (Lipinski definition) is 2. The molecule has 258 valence electrons. The monoisotopic (exact) mass is 710 g/mol. The summed E-state index contributed by atoms with van der Waals surface area (Å²) in [5.41, 5.74) is 11.5. The Kier molecular flexibility index (Phi) is 6.77. The molecule has 0 N–H and O–H groups in total. The number of fused-ring (bicyclic) bond motifs is 10. The van der Waals surface area contributed by atoms with E-state index in [4.69, 9.17) is 4.74 Å². The Morgan fingerprint density at radius 2 is 1.26 bits per heavy atom. The zero-order valence-corrected chi connectivity index (χ0v) is 30.9. The second-order valence-electron chi connectivity index (χ2n) is 15.8. The molecule has 0 bridgehead atoms. The van der Waals surface area contributed by atoms with Crippen molar-refractivity contribution >= 4 is 75.0 Å². The van der Waals surface area contributed by atoms with Gasteiger partial charge in [0.15, 0.2) is 0 Å². The van der Waals surface area contributed by atoms with Gasteiger partial charge in [-0.25, -0.2) is 0 Å². The quantitative estimate of drug-likeness (QED) is 0.166. The van der Waals surface area contributed by atoms with Crippen molar-refractivity contribution in [2.24, 2.45) is 5.92 Å². The normalized spacial score (nSPS) is 20.5. The molecule has 1 nitrogen and oxygen atoms in total. The van der Waals surface area contributed by atoms with Crippen LogP contribution in [0.15, 0.2) is 168 Å². The fraction of sp³-hybridized carbons (Fsp3) is 0.154. The highest BCUT2D eigenvalue weighted by Crippen LogP contribution is 2.52. The lowest BCUT2D eigenvalue weighted by atomic mass is 9.74. The van der Waals surface area contributed by atoms with E-state index in [1.165, 1.54) is 111 Å². The zero-order valence-electron chi connectivity index (χ0n) is 30.1. The Bertz CT molecular complexity index is 2970. The van der Waals surface area contributed by atoms with Gasteiger partial charge in [-0.2, -0.15) is 0 Å². The van der Waals surface area contributed by atoms with Gasteiger partial charge in [-0.3, -0.25) is 0 Å². The summed E-state index contributed by atoms with van der Waals surface area (Å²) in [5.74, 6) is 2.85. The fourth-order valence-corrected chi connectivity index (χ4v) is 11.3. The maximum absolute atomic E-state index is 6.63. The van der Waals surface area contributed by atoms with Crippen molar-refractivity contribution in [1.82, 2.24) is 0 Å². The summed E-state index contributed by atoms with van der Waals surface area (Å²) in [5, 5.41) is 10.6. The molecule has 12 rings (SSSR count). The number of rotatable bonds is 3. The van der Waals surface area contributed by atoms with Gasteiger partial charge >= 0.3 is 0 Å². The van der Waals surface area contributed by atoms with E-state index in [1.54, 1.807) is 5.57 Å². The van der Waals surface area contributed by atoms with Crippen molar-refractivity contribution in [3.05, 3.63) is 185 Å². The lowest BCUT2D eigenvalue weighted by molar-refractivity contribution is 0.427. The Morgan fingerprint density at radius 3 is 2.02 bits per heavy atom. The Balaban J connectivity index is 0.954. The highest BCUT2D eigenvalue weighted by atomic mass is 32.1. The van der Waals surface area contributed by atoms with Crippen molar-refractivity contribution in [3.8, 4) is 5.75 Å². The topological polar surface area (TPSA) is 9.23 Å². The summed E-state index contributed by atoms with van der Waals surface area (Å²) >= 11 is 1.88. The number of hydrogen-bond donors (Lipinski definition) is 0. The van der Waals surface area contributed by atoms with Gasteiger partial charge in [0, 0.05) is 31.7 Å². The minimum absolute atomic E-state index is 0.200. The van der Waals surface area contributed by atoms with Crippen LogP contribution in [0.3, 0.4) is 0 Å². The van der Waals surface area contributed by atoms with Crippen LogP contribution in [0.1, 0.15) is 61.1 Å². The first-order valence-electron chi connectivity index (χ1n) is 19.6. The Labute approximate surface area is 319 Å². The molecule has 2 heterocycles. The minimum atomic E-state index is 0.200. The maximum Gasteiger partial charge on any atom is 0.131 e. The van der Waals surface area contributed by atoms with Gasteiger partial charge < -0.3 is 4.74 Å². The van der Waals surface area contributed by atoms with Crippen LogP contribution in [0, 0.1) is 5.92 Å². The zero-order chi connectivity index (χ0) is 35.3. The average molecular weight is 711 g/mol. The van der Waals surface area contributed by atoms with Crippen molar-refractivity contribution in [3.63, 3.8) is 0 Å².